The van der Waals surface area contributed by atoms with Crippen molar-refractivity contribution in [1.29, 1.82) is 0 Å². The van der Waals surface area contributed by atoms with Crippen molar-refractivity contribution in [3.8, 4) is 11.5 Å². The van der Waals surface area contributed by atoms with Gasteiger partial charge < -0.3 is 27.3 Å². The van der Waals surface area contributed by atoms with Crippen molar-refractivity contribution in [3.05, 3.63) is 102 Å². The monoisotopic (exact) mass is 532 g/mol. The van der Waals surface area contributed by atoms with Gasteiger partial charge in [-0.05, 0) is 65.7 Å². The number of anilines is 5. The highest BCUT2D eigenvalue weighted by molar-refractivity contribution is 5.68. The number of nitrogens with one attached hydrogen (secondary N) is 1. The van der Waals surface area contributed by atoms with E-state index in [4.69, 9.17) is 21.9 Å². The van der Waals surface area contributed by atoms with Crippen LogP contribution in [0.4, 0.5) is 54.8 Å². The van der Waals surface area contributed by atoms with Gasteiger partial charge in [0.1, 0.15) is 11.5 Å². The number of benzene rings is 4. The van der Waals surface area contributed by atoms with E-state index in [2.05, 4.69) is 5.32 Å². The van der Waals surface area contributed by atoms with E-state index in [0.717, 1.165) is 30.3 Å². The fourth-order valence-electron chi connectivity index (χ4n) is 4.18. The Hall–Kier alpha value is -4.54. The SMILES string of the molecule is Nc1ccc(Oc2cc(N)cc(Nc3cccc(C(c4cccc(N)c4)(C(F)(F)F)C(F)(F)F)c3)c2)cc1. The number of nitrogen functional groups attached to an aromatic ring is 3. The lowest BCUT2D eigenvalue weighted by Crippen LogP contribution is -2.54. The van der Waals surface area contributed by atoms with Gasteiger partial charge in [-0.1, -0.05) is 24.3 Å². The van der Waals surface area contributed by atoms with E-state index in [1.165, 1.54) is 30.3 Å². The summed E-state index contributed by atoms with van der Waals surface area (Å²) in [7, 11) is 0. The molecule has 0 radical (unpaired) electrons. The zero-order chi connectivity index (χ0) is 27.7. The molecule has 0 saturated heterocycles. The van der Waals surface area contributed by atoms with E-state index < -0.39 is 28.9 Å². The molecule has 11 heteroatoms. The van der Waals surface area contributed by atoms with Gasteiger partial charge in [-0.15, -0.1) is 0 Å². The number of halogens is 6. The number of rotatable bonds is 6. The smallest absolute Gasteiger partial charge is 0.411 e. The van der Waals surface area contributed by atoms with Crippen molar-refractivity contribution >= 4 is 28.4 Å². The van der Waals surface area contributed by atoms with Crippen molar-refractivity contribution < 1.29 is 31.1 Å². The topological polar surface area (TPSA) is 99.3 Å². The highest BCUT2D eigenvalue weighted by Gasteiger charge is 2.72. The van der Waals surface area contributed by atoms with Crippen LogP contribution in [-0.2, 0) is 5.41 Å². The van der Waals surface area contributed by atoms with Gasteiger partial charge in [-0.25, -0.2) is 0 Å². The number of alkyl halides is 6. The Balaban J connectivity index is 1.76. The second-order valence-corrected chi connectivity index (χ2v) is 8.54. The molecule has 0 amide bonds. The van der Waals surface area contributed by atoms with Crippen molar-refractivity contribution in [2.24, 2.45) is 0 Å². The third kappa shape index (κ3) is 5.13. The van der Waals surface area contributed by atoms with Crippen molar-refractivity contribution in [2.75, 3.05) is 22.5 Å². The summed E-state index contributed by atoms with van der Waals surface area (Å²) in [5, 5.41) is 2.82. The van der Waals surface area contributed by atoms with E-state index in [0.29, 0.717) is 17.5 Å². The van der Waals surface area contributed by atoms with Gasteiger partial charge in [-0.2, -0.15) is 26.3 Å². The molecule has 38 heavy (non-hydrogen) atoms. The van der Waals surface area contributed by atoms with Gasteiger partial charge in [0.15, 0.2) is 0 Å². The van der Waals surface area contributed by atoms with Crippen LogP contribution in [0.3, 0.4) is 0 Å². The van der Waals surface area contributed by atoms with Gasteiger partial charge in [0.05, 0.1) is 0 Å². The molecule has 0 fully saturated rings. The fraction of sp³-hybridized carbons (Fsp3) is 0.111. The van der Waals surface area contributed by atoms with Gasteiger partial charge in [-0.3, -0.25) is 0 Å². The average molecular weight is 532 g/mol. The standard InChI is InChI=1S/C27H22F6N4O/c28-26(29,30)25(27(31,32)33,16-3-1-5-19(35)11-16)17-4-2-6-21(12-17)37-22-13-20(36)14-24(15-22)38-23-9-7-18(34)8-10-23/h1-15,37H,34-36H2. The summed E-state index contributed by atoms with van der Waals surface area (Å²) in [6, 6.07) is 18.7. The molecule has 0 bridgehead atoms. The molecule has 0 atom stereocenters. The Morgan fingerprint density at radius 3 is 1.74 bits per heavy atom. The van der Waals surface area contributed by atoms with E-state index >= 15 is 0 Å². The summed E-state index contributed by atoms with van der Waals surface area (Å²) < 4.78 is 92.4. The molecule has 0 spiro atoms. The van der Waals surface area contributed by atoms with Crippen molar-refractivity contribution in [3.63, 3.8) is 0 Å². The Morgan fingerprint density at radius 2 is 1.13 bits per heavy atom. The van der Waals surface area contributed by atoms with Crippen LogP contribution in [0.15, 0.2) is 91.0 Å². The Labute approximate surface area is 213 Å². The molecule has 0 unspecified atom stereocenters. The van der Waals surface area contributed by atoms with Gasteiger partial charge in [0.2, 0.25) is 5.41 Å². The maximum atomic E-state index is 14.4. The van der Waals surface area contributed by atoms with Crippen LogP contribution in [0.5, 0.6) is 11.5 Å². The molecule has 4 rings (SSSR count). The summed E-state index contributed by atoms with van der Waals surface area (Å²) in [5.41, 5.74) is 11.6. The Morgan fingerprint density at radius 1 is 0.526 bits per heavy atom. The largest absolute Gasteiger partial charge is 0.457 e. The predicted molar refractivity (Wildman–Crippen MR) is 135 cm³/mol. The molecular weight excluding hydrogens is 510 g/mol. The molecule has 4 aromatic rings. The summed E-state index contributed by atoms with van der Waals surface area (Å²) in [5.74, 6) is 0.730. The zero-order valence-electron chi connectivity index (χ0n) is 19.6. The van der Waals surface area contributed by atoms with E-state index in [1.807, 2.05) is 0 Å². The first-order valence-corrected chi connectivity index (χ1v) is 11.1. The first kappa shape index (κ1) is 26.5. The van der Waals surface area contributed by atoms with Crippen LogP contribution >= 0.6 is 0 Å². The third-order valence-electron chi connectivity index (χ3n) is 5.80. The number of hydrogen-bond donors (Lipinski definition) is 4. The molecular formula is C27H22F6N4O. The molecule has 4 aromatic carbocycles. The van der Waals surface area contributed by atoms with E-state index in [9.17, 15) is 26.3 Å². The van der Waals surface area contributed by atoms with Crippen LogP contribution in [0.1, 0.15) is 11.1 Å². The maximum absolute atomic E-state index is 14.4. The zero-order valence-corrected chi connectivity index (χ0v) is 19.6. The van der Waals surface area contributed by atoms with Crippen LogP contribution < -0.4 is 27.3 Å². The normalized spacial score (nSPS) is 12.3. The quantitative estimate of drug-likeness (QED) is 0.153. The van der Waals surface area contributed by atoms with Gasteiger partial charge >= 0.3 is 12.4 Å². The van der Waals surface area contributed by atoms with Crippen molar-refractivity contribution in [2.45, 2.75) is 17.8 Å². The third-order valence-corrected chi connectivity index (χ3v) is 5.80. The predicted octanol–water partition coefficient (Wildman–Crippen LogP) is 7.38. The van der Waals surface area contributed by atoms with Gasteiger partial charge in [0.25, 0.3) is 0 Å². The Bertz CT molecular complexity index is 1420. The highest BCUT2D eigenvalue weighted by Crippen LogP contribution is 2.56. The summed E-state index contributed by atoms with van der Waals surface area (Å²) in [6.07, 6.45) is -11.5. The second-order valence-electron chi connectivity index (χ2n) is 8.54. The van der Waals surface area contributed by atoms with Crippen molar-refractivity contribution in [1.82, 2.24) is 0 Å². The number of nitrogens with two attached hydrogens (primary N) is 3. The molecule has 0 aliphatic carbocycles. The Kier molecular flexibility index (Phi) is 6.79. The van der Waals surface area contributed by atoms with Crippen LogP contribution in [0.2, 0.25) is 0 Å². The molecule has 0 saturated carbocycles. The first-order chi connectivity index (χ1) is 17.8. The first-order valence-electron chi connectivity index (χ1n) is 11.1. The van der Waals surface area contributed by atoms with Crippen LogP contribution in [-0.4, -0.2) is 12.4 Å². The second kappa shape index (κ2) is 9.73. The van der Waals surface area contributed by atoms with Gasteiger partial charge in [0, 0.05) is 40.6 Å². The lowest BCUT2D eigenvalue weighted by atomic mass is 9.72. The minimum absolute atomic E-state index is 0.0340. The molecule has 7 N–H and O–H groups in total. The molecule has 0 heterocycles. The molecule has 0 aliphatic rings. The maximum Gasteiger partial charge on any atom is 0.411 e. The minimum atomic E-state index is -5.74. The summed E-state index contributed by atoms with van der Waals surface area (Å²) in [4.78, 5) is 0. The molecule has 0 aromatic heterocycles. The van der Waals surface area contributed by atoms with Crippen LogP contribution in [0, 0.1) is 0 Å². The highest BCUT2D eigenvalue weighted by atomic mass is 19.4. The molecule has 0 aliphatic heterocycles. The summed E-state index contributed by atoms with van der Waals surface area (Å²) in [6.45, 7) is 0. The number of ether oxygens (including phenoxy) is 1. The lowest BCUT2D eigenvalue weighted by molar-refractivity contribution is -0.288. The molecule has 198 valence electrons. The van der Waals surface area contributed by atoms with E-state index in [1.54, 1.807) is 24.3 Å². The molecule has 5 nitrogen and oxygen atoms in total. The van der Waals surface area contributed by atoms with E-state index in [-0.39, 0.29) is 28.5 Å². The fourth-order valence-corrected chi connectivity index (χ4v) is 4.18. The lowest BCUT2D eigenvalue weighted by Gasteiger charge is -2.38. The minimum Gasteiger partial charge on any atom is -0.457 e. The number of hydrogen-bond acceptors (Lipinski definition) is 5. The average Bonchev–Trinajstić information content (AvgIpc) is 2.79. The summed E-state index contributed by atoms with van der Waals surface area (Å²) >= 11 is 0. The van der Waals surface area contributed by atoms with Crippen LogP contribution in [0.25, 0.3) is 0 Å².